The summed E-state index contributed by atoms with van der Waals surface area (Å²) in [6.45, 7) is 2.80. The fraction of sp³-hybridized carbons (Fsp3) is 0.188. The minimum absolute atomic E-state index is 0.595. The number of nitrogens with zero attached hydrogens (tertiary/aromatic N) is 3. The molecule has 3 rings (SSSR count). The molecule has 0 aliphatic heterocycles. The molecule has 0 unspecified atom stereocenters. The Morgan fingerprint density at radius 3 is 2.82 bits per heavy atom. The minimum atomic E-state index is 0.595. The monoisotopic (exact) mass is 313 g/mol. The first kappa shape index (κ1) is 14.5. The lowest BCUT2D eigenvalue weighted by Crippen LogP contribution is -2.00. The maximum atomic E-state index is 6.24. The van der Waals surface area contributed by atoms with Crippen molar-refractivity contribution in [3.8, 4) is 11.4 Å². The second-order valence-corrected chi connectivity index (χ2v) is 5.36. The fourth-order valence-electron chi connectivity index (χ4n) is 2.25. The molecule has 1 aromatic heterocycles. The van der Waals surface area contributed by atoms with Crippen LogP contribution in [0.5, 0.6) is 0 Å². The van der Waals surface area contributed by atoms with Crippen molar-refractivity contribution in [3.63, 3.8) is 0 Å². The summed E-state index contributed by atoms with van der Waals surface area (Å²) < 4.78 is 0. The van der Waals surface area contributed by atoms with Gasteiger partial charge in [-0.15, -0.1) is 10.2 Å². The maximum absolute atomic E-state index is 6.24. The van der Waals surface area contributed by atoms with Gasteiger partial charge in [-0.25, -0.2) is 0 Å². The zero-order chi connectivity index (χ0) is 15.4. The molecule has 6 heteroatoms. The topological polar surface area (TPSA) is 66.5 Å². The third kappa shape index (κ3) is 3.26. The van der Waals surface area contributed by atoms with Crippen LogP contribution in [0.25, 0.3) is 11.4 Å². The highest BCUT2D eigenvalue weighted by Crippen LogP contribution is 2.22. The summed E-state index contributed by atoms with van der Waals surface area (Å²) in [6, 6.07) is 14.1. The van der Waals surface area contributed by atoms with E-state index in [0.717, 1.165) is 33.8 Å². The average Bonchev–Trinajstić information content (AvgIpc) is 3.08. The fourth-order valence-corrected chi connectivity index (χ4v) is 2.57. The van der Waals surface area contributed by atoms with E-state index in [-0.39, 0.29) is 0 Å². The summed E-state index contributed by atoms with van der Waals surface area (Å²) in [5.74, 6) is 0.595. The van der Waals surface area contributed by atoms with E-state index in [1.807, 2.05) is 30.3 Å². The number of halogens is 1. The van der Waals surface area contributed by atoms with Crippen LogP contribution in [0.1, 0.15) is 18.1 Å². The van der Waals surface area contributed by atoms with Crippen molar-refractivity contribution >= 4 is 17.3 Å². The van der Waals surface area contributed by atoms with Gasteiger partial charge < -0.3 is 5.32 Å². The molecular formula is C16H16ClN5. The van der Waals surface area contributed by atoms with Gasteiger partial charge in [-0.2, -0.15) is 5.21 Å². The van der Waals surface area contributed by atoms with Crippen molar-refractivity contribution < 1.29 is 0 Å². The van der Waals surface area contributed by atoms with Crippen molar-refractivity contribution in [2.45, 2.75) is 19.9 Å². The van der Waals surface area contributed by atoms with Crippen LogP contribution in [-0.2, 0) is 13.0 Å². The lowest BCUT2D eigenvalue weighted by Gasteiger charge is -2.09. The molecule has 0 atom stereocenters. The lowest BCUT2D eigenvalue weighted by molar-refractivity contribution is 0.881. The Kier molecular flexibility index (Phi) is 4.34. The van der Waals surface area contributed by atoms with Gasteiger partial charge in [0.05, 0.1) is 0 Å². The Morgan fingerprint density at radius 1 is 1.18 bits per heavy atom. The zero-order valence-electron chi connectivity index (χ0n) is 12.2. The lowest BCUT2D eigenvalue weighted by atomic mass is 10.1. The number of aromatic amines is 1. The number of aromatic nitrogens is 4. The molecule has 1 heterocycles. The van der Waals surface area contributed by atoms with Crippen LogP contribution < -0.4 is 5.32 Å². The minimum Gasteiger partial charge on any atom is -0.381 e. The third-order valence-corrected chi connectivity index (χ3v) is 3.81. The van der Waals surface area contributed by atoms with Crippen molar-refractivity contribution in [2.24, 2.45) is 0 Å². The highest BCUT2D eigenvalue weighted by molar-refractivity contribution is 6.31. The summed E-state index contributed by atoms with van der Waals surface area (Å²) >= 11 is 6.24. The summed E-state index contributed by atoms with van der Waals surface area (Å²) in [6.07, 6.45) is 0.936. The van der Waals surface area contributed by atoms with E-state index in [2.05, 4.69) is 45.0 Å². The second kappa shape index (κ2) is 6.58. The van der Waals surface area contributed by atoms with Gasteiger partial charge in [0.1, 0.15) is 0 Å². The van der Waals surface area contributed by atoms with Crippen LogP contribution in [0.3, 0.4) is 0 Å². The SMILES string of the molecule is CCc1ccc(NCc2cccc(-c3nn[nH]n3)c2)cc1Cl. The molecule has 0 bridgehead atoms. The summed E-state index contributed by atoms with van der Waals surface area (Å²) in [7, 11) is 0. The van der Waals surface area contributed by atoms with E-state index < -0.39 is 0 Å². The van der Waals surface area contributed by atoms with Crippen LogP contribution in [0.15, 0.2) is 42.5 Å². The van der Waals surface area contributed by atoms with E-state index >= 15 is 0 Å². The first-order valence-corrected chi connectivity index (χ1v) is 7.49. The molecule has 112 valence electrons. The molecular weight excluding hydrogens is 298 g/mol. The highest BCUT2D eigenvalue weighted by Gasteiger charge is 2.04. The number of rotatable bonds is 5. The molecule has 3 aromatic rings. The molecule has 2 aromatic carbocycles. The first-order chi connectivity index (χ1) is 10.8. The Bertz CT molecular complexity index is 755. The van der Waals surface area contributed by atoms with Crippen LogP contribution in [-0.4, -0.2) is 20.6 Å². The molecule has 0 radical (unpaired) electrons. The second-order valence-electron chi connectivity index (χ2n) is 4.95. The van der Waals surface area contributed by atoms with Gasteiger partial charge in [-0.1, -0.05) is 42.8 Å². The predicted octanol–water partition coefficient (Wildman–Crippen LogP) is 3.69. The number of hydrogen-bond donors (Lipinski definition) is 2. The molecule has 0 amide bonds. The van der Waals surface area contributed by atoms with Crippen molar-refractivity contribution in [2.75, 3.05) is 5.32 Å². The molecule has 2 N–H and O–H groups in total. The van der Waals surface area contributed by atoms with Crippen LogP contribution in [0.4, 0.5) is 5.69 Å². The molecule has 0 aliphatic rings. The highest BCUT2D eigenvalue weighted by atomic mass is 35.5. The van der Waals surface area contributed by atoms with Crippen LogP contribution in [0.2, 0.25) is 5.02 Å². The summed E-state index contributed by atoms with van der Waals surface area (Å²) in [4.78, 5) is 0. The third-order valence-electron chi connectivity index (χ3n) is 3.46. The number of aryl methyl sites for hydroxylation is 1. The van der Waals surface area contributed by atoms with Gasteiger partial charge in [0.25, 0.3) is 0 Å². The number of hydrogen-bond acceptors (Lipinski definition) is 4. The smallest absolute Gasteiger partial charge is 0.204 e. The van der Waals surface area contributed by atoms with Crippen molar-refractivity contribution in [1.29, 1.82) is 0 Å². The summed E-state index contributed by atoms with van der Waals surface area (Å²) in [5.41, 5.74) is 4.24. The predicted molar refractivity (Wildman–Crippen MR) is 87.8 cm³/mol. The van der Waals surface area contributed by atoms with E-state index in [0.29, 0.717) is 12.4 Å². The van der Waals surface area contributed by atoms with Crippen molar-refractivity contribution in [1.82, 2.24) is 20.6 Å². The molecule has 0 saturated carbocycles. The van der Waals surface area contributed by atoms with Gasteiger partial charge in [0.15, 0.2) is 0 Å². The van der Waals surface area contributed by atoms with Crippen LogP contribution >= 0.6 is 11.6 Å². The molecule has 22 heavy (non-hydrogen) atoms. The maximum Gasteiger partial charge on any atom is 0.204 e. The Labute approximate surface area is 133 Å². The van der Waals surface area contributed by atoms with E-state index in [1.165, 1.54) is 0 Å². The molecule has 5 nitrogen and oxygen atoms in total. The normalized spacial score (nSPS) is 10.6. The van der Waals surface area contributed by atoms with Gasteiger partial charge in [-0.05, 0) is 41.0 Å². The van der Waals surface area contributed by atoms with E-state index in [9.17, 15) is 0 Å². The number of tetrazole rings is 1. The first-order valence-electron chi connectivity index (χ1n) is 7.11. The van der Waals surface area contributed by atoms with Crippen molar-refractivity contribution in [3.05, 3.63) is 58.6 Å². The molecule has 0 aliphatic carbocycles. The number of nitrogens with one attached hydrogen (secondary N) is 2. The van der Waals surface area contributed by atoms with E-state index in [4.69, 9.17) is 11.6 Å². The largest absolute Gasteiger partial charge is 0.381 e. The average molecular weight is 314 g/mol. The van der Waals surface area contributed by atoms with Crippen LogP contribution in [0, 0.1) is 0 Å². The quantitative estimate of drug-likeness (QED) is 0.754. The van der Waals surface area contributed by atoms with Gasteiger partial charge in [0.2, 0.25) is 5.82 Å². The van der Waals surface area contributed by atoms with Gasteiger partial charge >= 0.3 is 0 Å². The summed E-state index contributed by atoms with van der Waals surface area (Å²) in [5, 5.41) is 18.2. The number of benzene rings is 2. The Balaban J connectivity index is 1.71. The molecule has 0 spiro atoms. The Hall–Kier alpha value is -2.40. The Morgan fingerprint density at radius 2 is 2.09 bits per heavy atom. The zero-order valence-corrected chi connectivity index (χ0v) is 12.9. The molecule has 0 fully saturated rings. The van der Waals surface area contributed by atoms with Gasteiger partial charge in [0, 0.05) is 22.8 Å². The molecule has 0 saturated heterocycles. The van der Waals surface area contributed by atoms with E-state index in [1.54, 1.807) is 0 Å². The number of anilines is 1. The number of H-pyrrole nitrogens is 1. The van der Waals surface area contributed by atoms with Gasteiger partial charge in [-0.3, -0.25) is 0 Å². The standard InChI is InChI=1S/C16H16ClN5/c1-2-12-6-7-14(9-15(12)17)18-10-11-4-3-5-13(8-11)16-19-21-22-20-16/h3-9,18H,2,10H2,1H3,(H,19,20,21,22).